The summed E-state index contributed by atoms with van der Waals surface area (Å²) in [5, 5.41) is 0. The Morgan fingerprint density at radius 3 is 2.46 bits per heavy atom. The summed E-state index contributed by atoms with van der Waals surface area (Å²) in [5.74, 6) is 0. The van der Waals surface area contributed by atoms with E-state index in [1.807, 2.05) is 0 Å². The molecule has 0 bridgehead atoms. The zero-order valence-electron chi connectivity index (χ0n) is 9.51. The Morgan fingerprint density at radius 2 is 2.08 bits per heavy atom. The second-order valence-corrected chi connectivity index (χ2v) is 4.92. The van der Waals surface area contributed by atoms with Crippen molar-refractivity contribution in [1.29, 1.82) is 0 Å². The highest BCUT2D eigenvalue weighted by atomic mass is 15.2. The van der Waals surface area contributed by atoms with Crippen molar-refractivity contribution in [2.24, 2.45) is 5.73 Å². The summed E-state index contributed by atoms with van der Waals surface area (Å²) in [6.45, 7) is 10.3. The molecule has 0 aromatic heterocycles. The number of rotatable bonds is 3. The lowest BCUT2D eigenvalue weighted by molar-refractivity contribution is 0.107. The van der Waals surface area contributed by atoms with Crippen molar-refractivity contribution in [2.45, 2.75) is 64.6 Å². The Balaban J connectivity index is 2.60. The molecular weight excluding hydrogens is 160 g/mol. The first-order chi connectivity index (χ1) is 5.99. The standard InChI is InChI=1S/C11H24N2/c1-5-10(12)9(2)13-8-6-7-11(13,3)4/h9-10H,5-8,12H2,1-4H3. The molecule has 2 heteroatoms. The molecule has 13 heavy (non-hydrogen) atoms. The Morgan fingerprint density at radius 1 is 1.46 bits per heavy atom. The lowest BCUT2D eigenvalue weighted by Gasteiger charge is -2.39. The van der Waals surface area contributed by atoms with E-state index in [1.165, 1.54) is 19.4 Å². The first kappa shape index (κ1) is 11.0. The zero-order valence-corrected chi connectivity index (χ0v) is 9.51. The van der Waals surface area contributed by atoms with Crippen LogP contribution in [0.15, 0.2) is 0 Å². The summed E-state index contributed by atoms with van der Waals surface area (Å²) in [4.78, 5) is 2.57. The van der Waals surface area contributed by atoms with E-state index in [0.29, 0.717) is 17.6 Å². The van der Waals surface area contributed by atoms with E-state index >= 15 is 0 Å². The fourth-order valence-electron chi connectivity index (χ4n) is 2.46. The van der Waals surface area contributed by atoms with Crippen molar-refractivity contribution in [3.05, 3.63) is 0 Å². The molecule has 1 rings (SSSR count). The fourth-order valence-corrected chi connectivity index (χ4v) is 2.46. The molecule has 2 unspecified atom stereocenters. The summed E-state index contributed by atoms with van der Waals surface area (Å²) in [6.07, 6.45) is 3.72. The molecule has 2 atom stereocenters. The van der Waals surface area contributed by atoms with Crippen molar-refractivity contribution in [3.63, 3.8) is 0 Å². The van der Waals surface area contributed by atoms with E-state index in [0.717, 1.165) is 6.42 Å². The molecule has 0 saturated carbocycles. The minimum absolute atomic E-state index is 0.331. The van der Waals surface area contributed by atoms with Crippen molar-refractivity contribution in [2.75, 3.05) is 6.54 Å². The van der Waals surface area contributed by atoms with Crippen LogP contribution in [0.3, 0.4) is 0 Å². The normalized spacial score (nSPS) is 27.5. The van der Waals surface area contributed by atoms with Gasteiger partial charge >= 0.3 is 0 Å². The van der Waals surface area contributed by atoms with Crippen LogP contribution in [0, 0.1) is 0 Å². The third-order valence-corrected chi connectivity index (χ3v) is 3.55. The maximum atomic E-state index is 6.08. The lowest BCUT2D eigenvalue weighted by atomic mass is 9.98. The van der Waals surface area contributed by atoms with Crippen LogP contribution >= 0.6 is 0 Å². The van der Waals surface area contributed by atoms with E-state index in [-0.39, 0.29) is 0 Å². The minimum atomic E-state index is 0.331. The molecule has 2 nitrogen and oxygen atoms in total. The van der Waals surface area contributed by atoms with Crippen LogP contribution in [0.1, 0.15) is 47.0 Å². The lowest BCUT2D eigenvalue weighted by Crippen LogP contribution is -2.51. The number of nitrogens with two attached hydrogens (primary N) is 1. The van der Waals surface area contributed by atoms with Crippen molar-refractivity contribution >= 4 is 0 Å². The average Bonchev–Trinajstić information content (AvgIpc) is 2.42. The molecule has 0 aromatic carbocycles. The topological polar surface area (TPSA) is 29.3 Å². The van der Waals surface area contributed by atoms with Crippen LogP contribution in [0.25, 0.3) is 0 Å². The Kier molecular flexibility index (Phi) is 3.36. The third-order valence-electron chi connectivity index (χ3n) is 3.55. The van der Waals surface area contributed by atoms with Gasteiger partial charge in [0.05, 0.1) is 0 Å². The molecule has 0 spiro atoms. The Bertz CT molecular complexity index is 165. The van der Waals surface area contributed by atoms with Gasteiger partial charge in [0.15, 0.2) is 0 Å². The highest BCUT2D eigenvalue weighted by Crippen LogP contribution is 2.30. The van der Waals surface area contributed by atoms with Gasteiger partial charge in [-0.1, -0.05) is 6.92 Å². The van der Waals surface area contributed by atoms with Gasteiger partial charge in [-0.25, -0.2) is 0 Å². The second-order valence-electron chi connectivity index (χ2n) is 4.92. The van der Waals surface area contributed by atoms with Gasteiger partial charge in [-0.15, -0.1) is 0 Å². The predicted molar refractivity (Wildman–Crippen MR) is 57.7 cm³/mol. The number of likely N-dealkylation sites (tertiary alicyclic amines) is 1. The van der Waals surface area contributed by atoms with Gasteiger partial charge in [0.2, 0.25) is 0 Å². The Labute approximate surface area is 82.5 Å². The molecule has 0 radical (unpaired) electrons. The highest BCUT2D eigenvalue weighted by molar-refractivity contribution is 4.93. The van der Waals surface area contributed by atoms with Crippen LogP contribution in [0.2, 0.25) is 0 Å². The number of nitrogens with zero attached hydrogens (tertiary/aromatic N) is 1. The molecule has 1 fully saturated rings. The molecule has 0 amide bonds. The van der Waals surface area contributed by atoms with Gasteiger partial charge in [0, 0.05) is 17.6 Å². The first-order valence-electron chi connectivity index (χ1n) is 5.51. The number of hydrogen-bond donors (Lipinski definition) is 1. The van der Waals surface area contributed by atoms with Gasteiger partial charge < -0.3 is 5.73 Å². The second kappa shape index (κ2) is 3.97. The van der Waals surface area contributed by atoms with Crippen LogP contribution in [-0.2, 0) is 0 Å². The zero-order chi connectivity index (χ0) is 10.1. The molecule has 1 aliphatic rings. The average molecular weight is 184 g/mol. The summed E-state index contributed by atoms with van der Waals surface area (Å²) >= 11 is 0. The minimum Gasteiger partial charge on any atom is -0.326 e. The maximum absolute atomic E-state index is 6.08. The first-order valence-corrected chi connectivity index (χ1v) is 5.51. The Hall–Kier alpha value is -0.0800. The van der Waals surface area contributed by atoms with Crippen molar-refractivity contribution in [1.82, 2.24) is 4.90 Å². The maximum Gasteiger partial charge on any atom is 0.0224 e. The molecule has 1 saturated heterocycles. The van der Waals surface area contributed by atoms with E-state index in [1.54, 1.807) is 0 Å². The predicted octanol–water partition coefficient (Wildman–Crippen LogP) is 1.99. The van der Waals surface area contributed by atoms with E-state index in [9.17, 15) is 0 Å². The number of hydrogen-bond acceptors (Lipinski definition) is 2. The quantitative estimate of drug-likeness (QED) is 0.727. The van der Waals surface area contributed by atoms with Crippen molar-refractivity contribution < 1.29 is 0 Å². The fraction of sp³-hybridized carbons (Fsp3) is 1.00. The van der Waals surface area contributed by atoms with E-state index in [4.69, 9.17) is 5.73 Å². The molecule has 78 valence electrons. The van der Waals surface area contributed by atoms with Crippen LogP contribution in [-0.4, -0.2) is 29.1 Å². The van der Waals surface area contributed by atoms with E-state index < -0.39 is 0 Å². The van der Waals surface area contributed by atoms with Crippen LogP contribution in [0.4, 0.5) is 0 Å². The smallest absolute Gasteiger partial charge is 0.0224 e. The van der Waals surface area contributed by atoms with Crippen LogP contribution < -0.4 is 5.73 Å². The summed E-state index contributed by atoms with van der Waals surface area (Å²) in [7, 11) is 0. The molecular formula is C11H24N2. The van der Waals surface area contributed by atoms with Crippen molar-refractivity contribution in [3.8, 4) is 0 Å². The summed E-state index contributed by atoms with van der Waals surface area (Å²) in [6, 6.07) is 0.861. The largest absolute Gasteiger partial charge is 0.326 e. The van der Waals surface area contributed by atoms with Crippen LogP contribution in [0.5, 0.6) is 0 Å². The van der Waals surface area contributed by atoms with E-state index in [2.05, 4.69) is 32.6 Å². The van der Waals surface area contributed by atoms with Gasteiger partial charge in [0.1, 0.15) is 0 Å². The molecule has 0 aromatic rings. The van der Waals surface area contributed by atoms with Gasteiger partial charge in [-0.05, 0) is 46.6 Å². The molecule has 1 heterocycles. The third kappa shape index (κ3) is 2.23. The van der Waals surface area contributed by atoms with Gasteiger partial charge in [-0.3, -0.25) is 4.90 Å². The summed E-state index contributed by atoms with van der Waals surface area (Å²) in [5.41, 5.74) is 6.44. The summed E-state index contributed by atoms with van der Waals surface area (Å²) < 4.78 is 0. The SMILES string of the molecule is CCC(N)C(C)N1CCCC1(C)C. The monoisotopic (exact) mass is 184 g/mol. The van der Waals surface area contributed by atoms with Gasteiger partial charge in [0.25, 0.3) is 0 Å². The molecule has 0 aliphatic carbocycles. The molecule has 1 aliphatic heterocycles. The van der Waals surface area contributed by atoms with Gasteiger partial charge in [-0.2, -0.15) is 0 Å². The highest BCUT2D eigenvalue weighted by Gasteiger charge is 2.36. The molecule has 2 N–H and O–H groups in total.